The molecule has 1 aliphatic heterocycles. The Labute approximate surface area is 108 Å². The van der Waals surface area contributed by atoms with Gasteiger partial charge in [0.1, 0.15) is 17.1 Å². The van der Waals surface area contributed by atoms with Crippen molar-refractivity contribution in [1.82, 2.24) is 9.88 Å². The lowest BCUT2D eigenvalue weighted by molar-refractivity contribution is -0.159. The highest BCUT2D eigenvalue weighted by Gasteiger charge is 2.43. The molecule has 0 unspecified atom stereocenters. The number of hydrogen-bond donors (Lipinski definition) is 1. The smallest absolute Gasteiger partial charge is 0.329 e. The SMILES string of the molecule is Cc1ncsc1C(=O)N1CC(C)(OCC(=O)O)C1. The molecule has 1 N–H and O–H groups in total. The van der Waals surface area contributed by atoms with Crippen molar-refractivity contribution in [2.45, 2.75) is 19.4 Å². The fraction of sp³-hybridized carbons (Fsp3) is 0.545. The molecule has 2 heterocycles. The molecule has 6 nitrogen and oxygen atoms in total. The highest BCUT2D eigenvalue weighted by Crippen LogP contribution is 2.27. The van der Waals surface area contributed by atoms with Crippen LogP contribution in [0.4, 0.5) is 0 Å². The van der Waals surface area contributed by atoms with Crippen molar-refractivity contribution < 1.29 is 19.4 Å². The number of aliphatic carboxylic acids is 1. The van der Waals surface area contributed by atoms with E-state index in [4.69, 9.17) is 9.84 Å². The van der Waals surface area contributed by atoms with Gasteiger partial charge in [-0.05, 0) is 13.8 Å². The van der Waals surface area contributed by atoms with Crippen molar-refractivity contribution in [3.05, 3.63) is 16.1 Å². The molecule has 0 atom stereocenters. The third kappa shape index (κ3) is 2.51. The van der Waals surface area contributed by atoms with E-state index in [1.807, 2.05) is 0 Å². The number of ether oxygens (including phenoxy) is 1. The molecule has 1 aromatic rings. The zero-order valence-electron chi connectivity index (χ0n) is 10.2. The van der Waals surface area contributed by atoms with Crippen molar-refractivity contribution in [1.29, 1.82) is 0 Å². The fourth-order valence-electron chi connectivity index (χ4n) is 1.88. The number of carbonyl (C=O) groups is 2. The van der Waals surface area contributed by atoms with Crippen molar-refractivity contribution in [2.75, 3.05) is 19.7 Å². The van der Waals surface area contributed by atoms with Crippen LogP contribution < -0.4 is 0 Å². The predicted molar refractivity (Wildman–Crippen MR) is 64.7 cm³/mol. The molecule has 0 aromatic carbocycles. The van der Waals surface area contributed by atoms with Crippen LogP contribution in [0, 0.1) is 6.92 Å². The van der Waals surface area contributed by atoms with Gasteiger partial charge in [0, 0.05) is 0 Å². The number of thiazole rings is 1. The maximum atomic E-state index is 12.1. The summed E-state index contributed by atoms with van der Waals surface area (Å²) in [6.45, 7) is 4.09. The van der Waals surface area contributed by atoms with Crippen LogP contribution in [0.5, 0.6) is 0 Å². The largest absolute Gasteiger partial charge is 0.480 e. The molecule has 1 fully saturated rings. The third-order valence-electron chi connectivity index (χ3n) is 2.82. The summed E-state index contributed by atoms with van der Waals surface area (Å²) in [4.78, 5) is 28.8. The highest BCUT2D eigenvalue weighted by molar-refractivity contribution is 7.11. The van der Waals surface area contributed by atoms with Crippen LogP contribution in [-0.4, -0.2) is 52.2 Å². The Bertz CT molecular complexity index is 479. The van der Waals surface area contributed by atoms with Crippen LogP contribution in [0.15, 0.2) is 5.51 Å². The van der Waals surface area contributed by atoms with E-state index in [1.165, 1.54) is 11.3 Å². The van der Waals surface area contributed by atoms with Crippen LogP contribution in [0.3, 0.4) is 0 Å². The summed E-state index contributed by atoms with van der Waals surface area (Å²) in [5.74, 6) is -1.06. The summed E-state index contributed by atoms with van der Waals surface area (Å²) in [6.07, 6.45) is 0. The van der Waals surface area contributed by atoms with Crippen LogP contribution in [0.2, 0.25) is 0 Å². The van der Waals surface area contributed by atoms with Crippen LogP contribution in [0.1, 0.15) is 22.3 Å². The van der Waals surface area contributed by atoms with Gasteiger partial charge < -0.3 is 14.7 Å². The Morgan fingerprint density at radius 1 is 1.61 bits per heavy atom. The Kier molecular flexibility index (Phi) is 3.36. The minimum Gasteiger partial charge on any atom is -0.480 e. The van der Waals surface area contributed by atoms with Gasteiger partial charge in [-0.2, -0.15) is 0 Å². The first kappa shape index (κ1) is 13.0. The van der Waals surface area contributed by atoms with E-state index in [0.717, 1.165) is 5.69 Å². The van der Waals surface area contributed by atoms with Gasteiger partial charge in [0.25, 0.3) is 5.91 Å². The number of hydrogen-bond acceptors (Lipinski definition) is 5. The first-order chi connectivity index (χ1) is 8.41. The molecule has 1 saturated heterocycles. The summed E-state index contributed by atoms with van der Waals surface area (Å²) in [7, 11) is 0. The minimum atomic E-state index is -1.00. The maximum absolute atomic E-state index is 12.1. The number of aromatic nitrogens is 1. The van der Waals surface area contributed by atoms with E-state index >= 15 is 0 Å². The summed E-state index contributed by atoms with van der Waals surface area (Å²) < 4.78 is 5.25. The first-order valence-corrected chi connectivity index (χ1v) is 6.34. The molecule has 0 spiro atoms. The lowest BCUT2D eigenvalue weighted by Crippen LogP contribution is -2.63. The van der Waals surface area contributed by atoms with E-state index in [2.05, 4.69) is 4.98 Å². The number of carbonyl (C=O) groups excluding carboxylic acids is 1. The number of likely N-dealkylation sites (tertiary alicyclic amines) is 1. The molecule has 0 bridgehead atoms. The molecular weight excluding hydrogens is 256 g/mol. The third-order valence-corrected chi connectivity index (χ3v) is 3.74. The average Bonchev–Trinajstić information content (AvgIpc) is 2.68. The second-order valence-corrected chi connectivity index (χ2v) is 5.42. The topological polar surface area (TPSA) is 79.7 Å². The van der Waals surface area contributed by atoms with Gasteiger partial charge in [-0.1, -0.05) is 0 Å². The van der Waals surface area contributed by atoms with Gasteiger partial charge in [0.15, 0.2) is 0 Å². The fourth-order valence-corrected chi connectivity index (χ4v) is 2.65. The molecule has 7 heteroatoms. The number of rotatable bonds is 4. The molecular formula is C11H14N2O4S. The van der Waals surface area contributed by atoms with Crippen LogP contribution in [-0.2, 0) is 9.53 Å². The normalized spacial score (nSPS) is 17.3. The molecule has 0 radical (unpaired) electrons. The Morgan fingerprint density at radius 3 is 2.78 bits per heavy atom. The van der Waals surface area contributed by atoms with Crippen LogP contribution in [0.25, 0.3) is 0 Å². The highest BCUT2D eigenvalue weighted by atomic mass is 32.1. The summed E-state index contributed by atoms with van der Waals surface area (Å²) in [6, 6.07) is 0. The zero-order valence-corrected chi connectivity index (χ0v) is 11.0. The second kappa shape index (κ2) is 4.66. The molecule has 2 rings (SSSR count). The van der Waals surface area contributed by atoms with Crippen molar-refractivity contribution in [2.24, 2.45) is 0 Å². The molecule has 1 aliphatic rings. The Morgan fingerprint density at radius 2 is 2.28 bits per heavy atom. The Balaban J connectivity index is 1.91. The summed E-state index contributed by atoms with van der Waals surface area (Å²) in [5, 5.41) is 8.55. The summed E-state index contributed by atoms with van der Waals surface area (Å²) >= 11 is 1.32. The van der Waals surface area contributed by atoms with Gasteiger partial charge in [-0.15, -0.1) is 11.3 Å². The number of carboxylic acids is 1. The van der Waals surface area contributed by atoms with Gasteiger partial charge in [-0.25, -0.2) is 9.78 Å². The first-order valence-electron chi connectivity index (χ1n) is 5.46. The number of aryl methyl sites for hydroxylation is 1. The molecule has 1 amide bonds. The van der Waals surface area contributed by atoms with Crippen molar-refractivity contribution >= 4 is 23.2 Å². The monoisotopic (exact) mass is 270 g/mol. The molecule has 98 valence electrons. The lowest BCUT2D eigenvalue weighted by atomic mass is 9.96. The maximum Gasteiger partial charge on any atom is 0.329 e. The van der Waals surface area contributed by atoms with Gasteiger partial charge in [0.2, 0.25) is 0 Å². The molecule has 18 heavy (non-hydrogen) atoms. The van der Waals surface area contributed by atoms with E-state index in [9.17, 15) is 9.59 Å². The van der Waals surface area contributed by atoms with Crippen LogP contribution >= 0.6 is 11.3 Å². The van der Waals surface area contributed by atoms with E-state index in [-0.39, 0.29) is 12.5 Å². The predicted octanol–water partition coefficient (Wildman–Crippen LogP) is 0.767. The van der Waals surface area contributed by atoms with E-state index < -0.39 is 11.6 Å². The van der Waals surface area contributed by atoms with Gasteiger partial charge >= 0.3 is 5.97 Å². The Hall–Kier alpha value is -1.47. The van der Waals surface area contributed by atoms with Gasteiger partial charge in [0.05, 0.1) is 24.3 Å². The number of carboxylic acid groups (broad SMARTS) is 1. The standard InChI is InChI=1S/C11H14N2O4S/c1-7-9(18-6-12-7)10(16)13-4-11(2,5-13)17-3-8(14)15/h6H,3-5H2,1-2H3,(H,14,15). The molecule has 0 aliphatic carbocycles. The molecule has 1 aromatic heterocycles. The lowest BCUT2D eigenvalue weighted by Gasteiger charge is -2.47. The minimum absolute atomic E-state index is 0.0635. The quantitative estimate of drug-likeness (QED) is 0.874. The number of nitrogens with zero attached hydrogens (tertiary/aromatic N) is 2. The van der Waals surface area contributed by atoms with Crippen molar-refractivity contribution in [3.63, 3.8) is 0 Å². The van der Waals surface area contributed by atoms with E-state index in [0.29, 0.717) is 18.0 Å². The molecule has 0 saturated carbocycles. The average molecular weight is 270 g/mol. The second-order valence-electron chi connectivity index (χ2n) is 4.56. The van der Waals surface area contributed by atoms with Crippen molar-refractivity contribution in [3.8, 4) is 0 Å². The summed E-state index contributed by atoms with van der Waals surface area (Å²) in [5.41, 5.74) is 1.82. The van der Waals surface area contributed by atoms with E-state index in [1.54, 1.807) is 24.3 Å². The zero-order chi connectivity index (χ0) is 13.3. The number of amides is 1. The van der Waals surface area contributed by atoms with Gasteiger partial charge in [-0.3, -0.25) is 4.79 Å².